The number of para-hydroxylation sites is 5. The van der Waals surface area contributed by atoms with E-state index in [4.69, 9.17) is 15.0 Å². The molecule has 0 radical (unpaired) electrons. The smallest absolute Gasteiger partial charge is 0.252 e. The van der Waals surface area contributed by atoms with Crippen molar-refractivity contribution in [3.8, 4) is 84.4 Å². The van der Waals surface area contributed by atoms with Crippen LogP contribution in [0.25, 0.3) is 106 Å². The number of aromatic nitrogens is 4. The number of nitrogens with zero attached hydrogens (tertiary/aromatic N) is 6. The fourth-order valence-electron chi connectivity index (χ4n) is 15.0. The highest BCUT2D eigenvalue weighted by Crippen LogP contribution is 2.52. The van der Waals surface area contributed by atoms with Crippen molar-refractivity contribution >= 4 is 79.0 Å². The Labute approximate surface area is 529 Å². The molecule has 2 aliphatic heterocycles. The summed E-state index contributed by atoms with van der Waals surface area (Å²) in [6, 6.07) is 113. The number of fused-ring (bicyclic) bond motifs is 10. The molecule has 0 amide bonds. The van der Waals surface area contributed by atoms with Crippen molar-refractivity contribution in [2.75, 3.05) is 9.80 Å². The Hall–Kier alpha value is -11.7. The standard InChI is InChI=1S/C84H57BN6/c1-84(2)69-38-14-12-34-64(69)67-52-68-65-35-13-17-41-73(65)91(78(68)53-70(67)84)80-63(36-22-37-66(80)83-87-81(55-24-6-3-7-25-55)86-82(88-83)56-26-8-4-9-27-56)60-31-21-30-59(51-60)58-29-20-28-57(50-58)54-46-48-62(49-47-54)90-75-43-19-16-40-72(75)85-71-39-15-18-42-74(71)89(61-32-10-5-11-33-61)76-44-23-45-77(90)79(76)85/h3-53H,1-2H3. The lowest BCUT2D eigenvalue weighted by molar-refractivity contribution is 0.661. The summed E-state index contributed by atoms with van der Waals surface area (Å²) >= 11 is 0. The van der Waals surface area contributed by atoms with Crippen LogP contribution in [0, 0.1) is 0 Å². The van der Waals surface area contributed by atoms with Gasteiger partial charge >= 0.3 is 0 Å². The summed E-state index contributed by atoms with van der Waals surface area (Å²) in [6.07, 6.45) is 0. The largest absolute Gasteiger partial charge is 0.311 e. The highest BCUT2D eigenvalue weighted by molar-refractivity contribution is 7.00. The molecule has 0 saturated heterocycles. The van der Waals surface area contributed by atoms with Crippen LogP contribution in [0.1, 0.15) is 25.0 Å². The molecule has 0 saturated carbocycles. The molecule has 4 heterocycles. The van der Waals surface area contributed by atoms with Gasteiger partial charge in [-0.15, -0.1) is 0 Å². The summed E-state index contributed by atoms with van der Waals surface area (Å²) in [6.45, 7) is 4.82. The molecule has 0 unspecified atom stereocenters. The average Bonchev–Trinajstić information content (AvgIpc) is 1.69. The van der Waals surface area contributed by atoms with Crippen LogP contribution in [0.15, 0.2) is 309 Å². The van der Waals surface area contributed by atoms with Crippen molar-refractivity contribution < 1.29 is 0 Å². The topological polar surface area (TPSA) is 50.1 Å². The van der Waals surface area contributed by atoms with Crippen LogP contribution in [0.4, 0.5) is 34.1 Å². The molecular weight excluding hydrogens is 1100 g/mol. The van der Waals surface area contributed by atoms with Crippen LogP contribution in [-0.2, 0) is 5.41 Å². The average molecular weight is 1160 g/mol. The van der Waals surface area contributed by atoms with E-state index in [1.165, 1.54) is 72.2 Å². The SMILES string of the molecule is CC1(C)c2ccccc2-c2cc3c4ccccc4n(-c4c(-c5cccc(-c6cccc(-c7ccc(N8c9ccccc9B9c%10ccccc%10N(c%10ccccc%10)c%10cccc8c%109)cc7)c6)c5)cccc4-c4nc(-c5ccccc5)nc(-c5ccccc5)n4)c3cc21. The lowest BCUT2D eigenvalue weighted by atomic mass is 9.33. The van der Waals surface area contributed by atoms with E-state index in [0.29, 0.717) is 17.5 Å². The van der Waals surface area contributed by atoms with E-state index in [2.05, 4.69) is 301 Å². The maximum absolute atomic E-state index is 5.42. The monoisotopic (exact) mass is 1160 g/mol. The molecule has 1 aliphatic carbocycles. The molecule has 6 nitrogen and oxygen atoms in total. The van der Waals surface area contributed by atoms with Crippen molar-refractivity contribution in [2.24, 2.45) is 0 Å². The first-order chi connectivity index (χ1) is 44.9. The van der Waals surface area contributed by atoms with Crippen LogP contribution in [0.2, 0.25) is 0 Å². The third-order valence-electron chi connectivity index (χ3n) is 19.2. The van der Waals surface area contributed by atoms with E-state index < -0.39 is 0 Å². The molecule has 3 aliphatic rings. The summed E-state index contributed by atoms with van der Waals surface area (Å²) in [5.41, 5.74) is 28.7. The quantitative estimate of drug-likeness (QED) is 0.135. The Morgan fingerprint density at radius 2 is 0.769 bits per heavy atom. The summed E-state index contributed by atoms with van der Waals surface area (Å²) in [5, 5.41) is 2.38. The Kier molecular flexibility index (Phi) is 11.9. The maximum atomic E-state index is 5.42. The number of anilines is 6. The van der Waals surface area contributed by atoms with Gasteiger partial charge in [0.15, 0.2) is 17.5 Å². The molecule has 0 fully saturated rings. The van der Waals surface area contributed by atoms with Gasteiger partial charge in [-0.3, -0.25) is 0 Å². The first-order valence-electron chi connectivity index (χ1n) is 31.4. The summed E-state index contributed by atoms with van der Waals surface area (Å²) in [5.74, 6) is 1.82. The van der Waals surface area contributed by atoms with Gasteiger partial charge in [-0.1, -0.05) is 238 Å². The molecule has 13 aromatic carbocycles. The lowest BCUT2D eigenvalue weighted by Crippen LogP contribution is -2.61. The van der Waals surface area contributed by atoms with Crippen molar-refractivity contribution in [3.63, 3.8) is 0 Å². The predicted octanol–water partition coefficient (Wildman–Crippen LogP) is 19.4. The van der Waals surface area contributed by atoms with Gasteiger partial charge < -0.3 is 14.4 Å². The molecule has 0 spiro atoms. The first-order valence-corrected chi connectivity index (χ1v) is 31.4. The van der Waals surface area contributed by atoms with E-state index in [1.807, 2.05) is 36.4 Å². The van der Waals surface area contributed by atoms with E-state index >= 15 is 0 Å². The van der Waals surface area contributed by atoms with Gasteiger partial charge in [0.2, 0.25) is 0 Å². The Morgan fingerprint density at radius 3 is 1.44 bits per heavy atom. The van der Waals surface area contributed by atoms with Crippen molar-refractivity contribution in [2.45, 2.75) is 19.3 Å². The second-order valence-corrected chi connectivity index (χ2v) is 24.7. The Balaban J connectivity index is 0.770. The van der Waals surface area contributed by atoms with Gasteiger partial charge in [-0.2, -0.15) is 0 Å². The minimum Gasteiger partial charge on any atom is -0.311 e. The Bertz CT molecular complexity index is 5350. The zero-order valence-corrected chi connectivity index (χ0v) is 50.2. The highest BCUT2D eigenvalue weighted by Gasteiger charge is 2.43. The number of hydrogen-bond donors (Lipinski definition) is 0. The van der Waals surface area contributed by atoms with Crippen LogP contribution < -0.4 is 26.2 Å². The van der Waals surface area contributed by atoms with E-state index in [0.717, 1.165) is 78.2 Å². The van der Waals surface area contributed by atoms with Gasteiger partial charge in [0.25, 0.3) is 6.71 Å². The Morgan fingerprint density at radius 1 is 0.297 bits per heavy atom. The fourth-order valence-corrected chi connectivity index (χ4v) is 15.0. The minimum absolute atomic E-state index is 0.0865. The van der Waals surface area contributed by atoms with Gasteiger partial charge in [0, 0.05) is 72.6 Å². The molecule has 426 valence electrons. The lowest BCUT2D eigenvalue weighted by Gasteiger charge is -2.44. The molecule has 0 atom stereocenters. The van der Waals surface area contributed by atoms with Crippen LogP contribution in [0.5, 0.6) is 0 Å². The number of rotatable bonds is 9. The van der Waals surface area contributed by atoms with Gasteiger partial charge in [-0.05, 0) is 151 Å². The van der Waals surface area contributed by atoms with Gasteiger partial charge in [0.1, 0.15) is 0 Å². The van der Waals surface area contributed by atoms with Gasteiger partial charge in [0.05, 0.1) is 16.7 Å². The number of hydrogen-bond acceptors (Lipinski definition) is 5. The van der Waals surface area contributed by atoms with E-state index in [9.17, 15) is 0 Å². The van der Waals surface area contributed by atoms with E-state index in [1.54, 1.807) is 0 Å². The molecule has 18 rings (SSSR count). The zero-order valence-electron chi connectivity index (χ0n) is 50.2. The highest BCUT2D eigenvalue weighted by atomic mass is 15.2. The fraction of sp³-hybridized carbons (Fsp3) is 0.0357. The van der Waals surface area contributed by atoms with Crippen LogP contribution in [-0.4, -0.2) is 26.2 Å². The van der Waals surface area contributed by atoms with E-state index in [-0.39, 0.29) is 12.1 Å². The summed E-state index contributed by atoms with van der Waals surface area (Å²) in [4.78, 5) is 20.9. The second kappa shape index (κ2) is 20.7. The van der Waals surface area contributed by atoms with Gasteiger partial charge in [-0.25, -0.2) is 15.0 Å². The molecular formula is C84H57BN6. The first kappa shape index (κ1) is 52.5. The normalized spacial score (nSPS) is 13.2. The second-order valence-electron chi connectivity index (χ2n) is 24.7. The summed E-state index contributed by atoms with van der Waals surface area (Å²) in [7, 11) is 0. The van der Waals surface area contributed by atoms with Crippen molar-refractivity contribution in [1.29, 1.82) is 0 Å². The van der Waals surface area contributed by atoms with Crippen molar-refractivity contribution in [3.05, 3.63) is 321 Å². The summed E-state index contributed by atoms with van der Waals surface area (Å²) < 4.78 is 2.49. The molecule has 0 N–H and O–H groups in total. The van der Waals surface area contributed by atoms with Crippen LogP contribution in [0.3, 0.4) is 0 Å². The molecule has 91 heavy (non-hydrogen) atoms. The van der Waals surface area contributed by atoms with Crippen LogP contribution >= 0.6 is 0 Å². The maximum Gasteiger partial charge on any atom is 0.252 e. The zero-order chi connectivity index (χ0) is 60.3. The minimum atomic E-state index is -0.219. The number of benzene rings is 13. The van der Waals surface area contributed by atoms with Crippen molar-refractivity contribution in [1.82, 2.24) is 19.5 Å². The predicted molar refractivity (Wildman–Crippen MR) is 378 cm³/mol. The third kappa shape index (κ3) is 8.31. The third-order valence-corrected chi connectivity index (χ3v) is 19.2. The molecule has 0 bridgehead atoms. The molecule has 7 heteroatoms. The molecule has 15 aromatic rings. The molecule has 2 aromatic heterocycles.